The highest BCUT2D eigenvalue weighted by Crippen LogP contribution is 2.22. The molecule has 0 aliphatic carbocycles. The van der Waals surface area contributed by atoms with Gasteiger partial charge in [0, 0.05) is 18.7 Å². The smallest absolute Gasteiger partial charge is 0.252 e. The van der Waals surface area contributed by atoms with E-state index in [1.165, 1.54) is 0 Å². The van der Waals surface area contributed by atoms with Crippen molar-refractivity contribution in [2.75, 3.05) is 13.1 Å². The van der Waals surface area contributed by atoms with Crippen LogP contribution in [0.1, 0.15) is 12.8 Å². The molecule has 6 nitrogen and oxygen atoms in total. The van der Waals surface area contributed by atoms with Crippen LogP contribution >= 0.6 is 0 Å². The van der Waals surface area contributed by atoms with Gasteiger partial charge in [-0.25, -0.2) is 0 Å². The fourth-order valence-corrected chi connectivity index (χ4v) is 1.89. The molecule has 6 heteroatoms. The molecule has 1 aliphatic rings. The molecular weight excluding hydrogens is 246 g/mol. The maximum Gasteiger partial charge on any atom is 0.252 e. The van der Waals surface area contributed by atoms with Crippen LogP contribution in [-0.4, -0.2) is 33.9 Å². The highest BCUT2D eigenvalue weighted by molar-refractivity contribution is 5.56. The summed E-state index contributed by atoms with van der Waals surface area (Å²) in [4.78, 5) is 4.25. The Morgan fingerprint density at radius 3 is 3.00 bits per heavy atom. The van der Waals surface area contributed by atoms with Crippen molar-refractivity contribution in [3.05, 3.63) is 30.2 Å². The summed E-state index contributed by atoms with van der Waals surface area (Å²) in [5.74, 6) is 1.06. The second-order valence-electron chi connectivity index (χ2n) is 4.90. The Bertz CT molecular complexity index is 578. The molecule has 100 valence electrons. The number of phenols is 1. The molecule has 0 amide bonds. The van der Waals surface area contributed by atoms with Gasteiger partial charge in [0.25, 0.3) is 5.89 Å². The molecule has 1 aliphatic heterocycles. The fourth-order valence-electron chi connectivity index (χ4n) is 1.89. The van der Waals surface area contributed by atoms with Gasteiger partial charge in [0.05, 0.1) is 5.60 Å². The molecule has 2 heterocycles. The van der Waals surface area contributed by atoms with Crippen LogP contribution in [0.3, 0.4) is 0 Å². The van der Waals surface area contributed by atoms with Gasteiger partial charge < -0.3 is 19.7 Å². The summed E-state index contributed by atoms with van der Waals surface area (Å²) < 4.78 is 10.9. The van der Waals surface area contributed by atoms with Gasteiger partial charge in [0.2, 0.25) is 5.82 Å². The molecule has 2 aromatic rings. The van der Waals surface area contributed by atoms with Crippen LogP contribution in [0.25, 0.3) is 11.4 Å². The van der Waals surface area contributed by atoms with Crippen molar-refractivity contribution in [2.24, 2.45) is 0 Å². The molecule has 0 atom stereocenters. The standard InChI is InChI=1S/C13H15N3O3/c1-13(7-14-8-13)18-6-11-15-12(16-19-11)9-3-2-4-10(17)5-9/h2-5,14,17H,6-8H2,1H3. The minimum atomic E-state index is -0.139. The maximum atomic E-state index is 9.41. The topological polar surface area (TPSA) is 80.4 Å². The molecule has 0 bridgehead atoms. The third-order valence-corrected chi connectivity index (χ3v) is 3.11. The van der Waals surface area contributed by atoms with Crippen LogP contribution in [0.5, 0.6) is 5.75 Å². The Hall–Kier alpha value is -1.92. The first-order valence-electron chi connectivity index (χ1n) is 6.11. The maximum absolute atomic E-state index is 9.41. The molecule has 0 unspecified atom stereocenters. The van der Waals surface area contributed by atoms with E-state index in [1.807, 2.05) is 13.0 Å². The Kier molecular flexibility index (Phi) is 2.96. The lowest BCUT2D eigenvalue weighted by molar-refractivity contribution is -0.0841. The second-order valence-corrected chi connectivity index (χ2v) is 4.90. The fraction of sp³-hybridized carbons (Fsp3) is 0.385. The number of benzene rings is 1. The third-order valence-electron chi connectivity index (χ3n) is 3.11. The largest absolute Gasteiger partial charge is 0.508 e. The molecule has 0 spiro atoms. The van der Waals surface area contributed by atoms with E-state index < -0.39 is 0 Å². The van der Waals surface area contributed by atoms with Gasteiger partial charge in [0.15, 0.2) is 0 Å². The Morgan fingerprint density at radius 1 is 1.47 bits per heavy atom. The predicted octanol–water partition coefficient (Wildman–Crippen LogP) is 1.32. The highest BCUT2D eigenvalue weighted by atomic mass is 16.5. The number of hydrogen-bond donors (Lipinski definition) is 2. The van der Waals surface area contributed by atoms with Gasteiger partial charge >= 0.3 is 0 Å². The summed E-state index contributed by atoms with van der Waals surface area (Å²) in [6, 6.07) is 6.73. The normalized spacial score (nSPS) is 17.1. The van der Waals surface area contributed by atoms with Crippen molar-refractivity contribution in [1.29, 1.82) is 0 Å². The summed E-state index contributed by atoms with van der Waals surface area (Å²) in [5.41, 5.74) is 0.575. The summed E-state index contributed by atoms with van der Waals surface area (Å²) >= 11 is 0. The van der Waals surface area contributed by atoms with Crippen LogP contribution in [0.4, 0.5) is 0 Å². The Morgan fingerprint density at radius 2 is 2.32 bits per heavy atom. The lowest BCUT2D eigenvalue weighted by Gasteiger charge is -2.38. The van der Waals surface area contributed by atoms with E-state index in [-0.39, 0.29) is 11.4 Å². The van der Waals surface area contributed by atoms with Crippen molar-refractivity contribution in [2.45, 2.75) is 19.1 Å². The van der Waals surface area contributed by atoms with Crippen molar-refractivity contribution < 1.29 is 14.4 Å². The number of nitrogens with zero attached hydrogens (tertiary/aromatic N) is 2. The van der Waals surface area contributed by atoms with Gasteiger partial charge in [-0.3, -0.25) is 0 Å². The molecule has 1 aromatic carbocycles. The Labute approximate surface area is 110 Å². The number of hydrogen-bond acceptors (Lipinski definition) is 6. The first-order valence-corrected chi connectivity index (χ1v) is 6.11. The van der Waals surface area contributed by atoms with E-state index in [4.69, 9.17) is 9.26 Å². The Balaban J connectivity index is 1.69. The average molecular weight is 261 g/mol. The zero-order chi connectivity index (χ0) is 13.3. The zero-order valence-corrected chi connectivity index (χ0v) is 10.6. The average Bonchev–Trinajstić information content (AvgIpc) is 2.83. The van der Waals surface area contributed by atoms with Crippen molar-refractivity contribution in [3.63, 3.8) is 0 Å². The SMILES string of the molecule is CC1(OCc2nc(-c3cccc(O)c3)no2)CNC1. The van der Waals surface area contributed by atoms with Gasteiger partial charge in [-0.1, -0.05) is 17.3 Å². The zero-order valence-electron chi connectivity index (χ0n) is 10.6. The summed E-state index contributed by atoms with van der Waals surface area (Å²) in [6.45, 7) is 4.00. The lowest BCUT2D eigenvalue weighted by Crippen LogP contribution is -2.58. The molecular formula is C13H15N3O3. The first kappa shape index (κ1) is 12.1. The number of phenolic OH excluding ortho intramolecular Hbond substituents is 1. The molecule has 3 rings (SSSR count). The molecule has 0 radical (unpaired) electrons. The van der Waals surface area contributed by atoms with Crippen LogP contribution < -0.4 is 5.32 Å². The van der Waals surface area contributed by atoms with Gasteiger partial charge in [-0.15, -0.1) is 0 Å². The number of rotatable bonds is 4. The van der Waals surface area contributed by atoms with Crippen LogP contribution in [0.2, 0.25) is 0 Å². The molecule has 1 aromatic heterocycles. The van der Waals surface area contributed by atoms with E-state index in [9.17, 15) is 5.11 Å². The van der Waals surface area contributed by atoms with Crippen LogP contribution in [0, 0.1) is 0 Å². The van der Waals surface area contributed by atoms with Crippen molar-refractivity contribution in [1.82, 2.24) is 15.5 Å². The van der Waals surface area contributed by atoms with E-state index in [2.05, 4.69) is 15.5 Å². The van der Waals surface area contributed by atoms with E-state index in [0.717, 1.165) is 13.1 Å². The van der Waals surface area contributed by atoms with E-state index in [1.54, 1.807) is 18.2 Å². The number of ether oxygens (including phenoxy) is 1. The highest BCUT2D eigenvalue weighted by Gasteiger charge is 2.33. The van der Waals surface area contributed by atoms with E-state index >= 15 is 0 Å². The van der Waals surface area contributed by atoms with Crippen molar-refractivity contribution in [3.8, 4) is 17.1 Å². The molecule has 19 heavy (non-hydrogen) atoms. The third kappa shape index (κ3) is 2.59. The summed E-state index contributed by atoms with van der Waals surface area (Å²) in [7, 11) is 0. The number of aromatic nitrogens is 2. The monoisotopic (exact) mass is 261 g/mol. The number of aromatic hydroxyl groups is 1. The summed E-state index contributed by atoms with van der Waals surface area (Å²) in [6.07, 6.45) is 0. The predicted molar refractivity (Wildman–Crippen MR) is 67.5 cm³/mol. The second kappa shape index (κ2) is 4.64. The molecule has 0 saturated carbocycles. The molecule has 2 N–H and O–H groups in total. The molecule has 1 fully saturated rings. The number of nitrogens with one attached hydrogen (secondary N) is 1. The van der Waals surface area contributed by atoms with Crippen LogP contribution in [0.15, 0.2) is 28.8 Å². The summed E-state index contributed by atoms with van der Waals surface area (Å²) in [5, 5.41) is 16.4. The van der Waals surface area contributed by atoms with Crippen molar-refractivity contribution >= 4 is 0 Å². The van der Waals surface area contributed by atoms with E-state index in [0.29, 0.717) is 23.9 Å². The van der Waals surface area contributed by atoms with Crippen LogP contribution in [-0.2, 0) is 11.3 Å². The minimum absolute atomic E-state index is 0.139. The van der Waals surface area contributed by atoms with Gasteiger partial charge in [0.1, 0.15) is 12.4 Å². The van der Waals surface area contributed by atoms with Gasteiger partial charge in [-0.05, 0) is 19.1 Å². The quantitative estimate of drug-likeness (QED) is 0.864. The minimum Gasteiger partial charge on any atom is -0.508 e. The lowest BCUT2D eigenvalue weighted by atomic mass is 10.0. The first-order chi connectivity index (χ1) is 9.15. The van der Waals surface area contributed by atoms with Gasteiger partial charge in [-0.2, -0.15) is 4.98 Å². The molecule has 1 saturated heterocycles.